The smallest absolute Gasteiger partial charge is 0.327 e. The number of carbonyl (C=O) groups is 8. The number of ketones is 2. The average molecular weight is 989 g/mol. The number of amides is 5. The third-order valence-corrected chi connectivity index (χ3v) is 11.0. The lowest BCUT2D eigenvalue weighted by molar-refractivity contribution is -0.428. The summed E-state index contributed by atoms with van der Waals surface area (Å²) in [5, 5.41) is 36.2. The zero-order valence-corrected chi connectivity index (χ0v) is 41.8. The minimum Gasteiger partial charge on any atom is -0.356 e. The van der Waals surface area contributed by atoms with Gasteiger partial charge >= 0.3 is 5.97 Å². The van der Waals surface area contributed by atoms with Crippen LogP contribution in [0.15, 0.2) is 0 Å². The van der Waals surface area contributed by atoms with E-state index in [-0.39, 0.29) is 76.0 Å². The molecule has 0 aliphatic carbocycles. The molecule has 10 N–H and O–H groups in total. The lowest BCUT2D eigenvalue weighted by Crippen LogP contribution is -2.45. The van der Waals surface area contributed by atoms with E-state index in [4.69, 9.17) is 16.3 Å². The summed E-state index contributed by atoms with van der Waals surface area (Å²) in [6.07, 6.45) is 17.7. The average Bonchev–Trinajstić information content (AvgIpc) is 3.31. The minimum atomic E-state index is -0.766. The maximum Gasteiger partial charge on any atom is 0.327 e. The van der Waals surface area contributed by atoms with E-state index in [1.165, 1.54) is 6.92 Å². The largest absolute Gasteiger partial charge is 0.356 e. The Morgan fingerprint density at radius 2 is 0.913 bits per heavy atom. The predicted molar refractivity (Wildman–Crippen MR) is 254 cm³/mol. The number of hydrogen-bond donors (Lipinski definition) is 8. The number of nitrogens with two attached hydrogens (primary N) is 2. The molecular weight excluding hydrogens is 901 g/mol. The Labute approximate surface area is 409 Å². The van der Waals surface area contributed by atoms with Gasteiger partial charge < -0.3 is 21.6 Å². The first-order chi connectivity index (χ1) is 33.1. The molecule has 23 nitrogen and oxygen atoms in total. The van der Waals surface area contributed by atoms with Gasteiger partial charge in [-0.05, 0) is 70.9 Å². The van der Waals surface area contributed by atoms with Gasteiger partial charge in [0.25, 0.3) is 0 Å². The Bertz CT molecular complexity index is 1450. The molecule has 0 aromatic rings. The predicted octanol–water partition coefficient (Wildman–Crippen LogP) is 4.22. The molecule has 5 amide bonds. The summed E-state index contributed by atoms with van der Waals surface area (Å²) in [6.45, 7) is 5.27. The van der Waals surface area contributed by atoms with E-state index in [0.29, 0.717) is 62.3 Å². The fraction of sp³-hybridized carbons (Fsp3) is 0.826. The first kappa shape index (κ1) is 64.8. The highest BCUT2D eigenvalue weighted by atomic mass is 16.9. The highest BCUT2D eigenvalue weighted by Gasteiger charge is 2.24. The maximum atomic E-state index is 12.8. The van der Waals surface area contributed by atoms with Crippen LogP contribution in [0.3, 0.4) is 0 Å². The molecule has 0 rings (SSSR count). The SMILES string of the molecule is CC(=O)ON(O)N(CCCCCCCCCCNC(=O)CCC(=O)N(O)CCCCCCCCCCNNC(=O)CCC(=O)C(=O)CCC(=O)N(CCCCCN)N(O)OCCCCCN)C(C)=O. The van der Waals surface area contributed by atoms with Gasteiger partial charge in [-0.15, -0.1) is 0 Å². The second-order valence-corrected chi connectivity index (χ2v) is 17.1. The summed E-state index contributed by atoms with van der Waals surface area (Å²) < 4.78 is 0. The van der Waals surface area contributed by atoms with Crippen LogP contribution < -0.4 is 27.6 Å². The van der Waals surface area contributed by atoms with Gasteiger partial charge in [-0.25, -0.2) is 20.5 Å². The molecule has 0 unspecified atom stereocenters. The Hall–Kier alpha value is -4.20. The van der Waals surface area contributed by atoms with Crippen molar-refractivity contribution in [2.75, 3.05) is 52.4 Å². The van der Waals surface area contributed by atoms with E-state index in [9.17, 15) is 54.0 Å². The van der Waals surface area contributed by atoms with Gasteiger partial charge in [0.2, 0.25) is 29.5 Å². The molecule has 0 aliphatic heterocycles. The molecule has 0 bridgehead atoms. The molecule has 0 saturated heterocycles. The first-order valence-corrected chi connectivity index (χ1v) is 25.3. The number of unbranched alkanes of at least 4 members (excludes halogenated alkanes) is 18. The highest BCUT2D eigenvalue weighted by Crippen LogP contribution is 2.13. The van der Waals surface area contributed by atoms with Crippen LogP contribution in [0.2, 0.25) is 0 Å². The molecule has 0 radical (unpaired) electrons. The van der Waals surface area contributed by atoms with Crippen molar-refractivity contribution < 1.29 is 63.7 Å². The second-order valence-electron chi connectivity index (χ2n) is 17.1. The zero-order valence-electron chi connectivity index (χ0n) is 41.8. The number of nitrogens with one attached hydrogen (secondary N) is 3. The lowest BCUT2D eigenvalue weighted by atomic mass is 10.1. The number of rotatable bonds is 47. The molecule has 0 aliphatic rings. The Morgan fingerprint density at radius 1 is 0.464 bits per heavy atom. The van der Waals surface area contributed by atoms with Crippen LogP contribution in [0.1, 0.15) is 194 Å². The van der Waals surface area contributed by atoms with E-state index >= 15 is 0 Å². The quantitative estimate of drug-likeness (QED) is 0.0183. The molecule has 0 aromatic carbocycles. The summed E-state index contributed by atoms with van der Waals surface area (Å²) in [5.41, 5.74) is 16.4. The van der Waals surface area contributed by atoms with Crippen LogP contribution in [0, 0.1) is 0 Å². The molecule has 0 aromatic heterocycles. The molecule has 0 spiro atoms. The molecule has 0 saturated carbocycles. The van der Waals surface area contributed by atoms with Gasteiger partial charge in [0.1, 0.15) is 0 Å². The van der Waals surface area contributed by atoms with Crippen molar-refractivity contribution in [3.63, 3.8) is 0 Å². The topological polar surface area (TPSA) is 320 Å². The number of hydrogen-bond acceptors (Lipinski definition) is 18. The van der Waals surface area contributed by atoms with Crippen molar-refractivity contribution in [3.8, 4) is 0 Å². The molecule has 69 heavy (non-hydrogen) atoms. The Kier molecular flexibility index (Phi) is 41.1. The Balaban J connectivity index is 3.91. The summed E-state index contributed by atoms with van der Waals surface area (Å²) >= 11 is 0. The summed E-state index contributed by atoms with van der Waals surface area (Å²) in [7, 11) is 0. The molecular formula is C46H88N10O13. The molecule has 0 atom stereocenters. The normalized spacial score (nSPS) is 11.1. The highest BCUT2D eigenvalue weighted by molar-refractivity contribution is 6.37. The fourth-order valence-corrected chi connectivity index (χ4v) is 6.91. The molecule has 0 fully saturated rings. The lowest BCUT2D eigenvalue weighted by Gasteiger charge is -2.28. The van der Waals surface area contributed by atoms with Crippen molar-refractivity contribution in [2.45, 2.75) is 194 Å². The van der Waals surface area contributed by atoms with E-state index < -0.39 is 41.2 Å². The van der Waals surface area contributed by atoms with E-state index in [1.807, 2.05) is 0 Å². The first-order valence-electron chi connectivity index (χ1n) is 25.3. The van der Waals surface area contributed by atoms with Crippen LogP contribution in [-0.4, -0.2) is 141 Å². The van der Waals surface area contributed by atoms with Gasteiger partial charge in [-0.1, -0.05) is 83.5 Å². The number of nitrogens with zero attached hydrogens (tertiary/aromatic N) is 5. The Morgan fingerprint density at radius 3 is 1.46 bits per heavy atom. The van der Waals surface area contributed by atoms with E-state index in [0.717, 1.165) is 133 Å². The maximum absolute atomic E-state index is 12.8. The standard InChI is InChI=1S/C46H88N10O13/c1-39(57)52(56(67)69-40(2)58)35-21-13-9-5-3-7-11-19-33-49-43(61)28-30-46(64)54(65)37-23-14-10-6-4-8-12-20-34-50-51-44(62)27-25-41(59)42(60)26-29-45(63)53(36-22-15-17-31-47)55(66)68-38-24-16-18-32-48/h50,65-67H,3-38,47-48H2,1-2H3,(H,49,61)(H,51,62). The summed E-state index contributed by atoms with van der Waals surface area (Å²) in [4.78, 5) is 107. The second kappa shape index (κ2) is 43.8. The van der Waals surface area contributed by atoms with Crippen LogP contribution in [0.5, 0.6) is 0 Å². The van der Waals surface area contributed by atoms with Crippen molar-refractivity contribution in [1.29, 1.82) is 0 Å². The zero-order chi connectivity index (χ0) is 51.5. The molecule has 23 heteroatoms. The van der Waals surface area contributed by atoms with Crippen molar-refractivity contribution in [1.82, 2.24) is 41.9 Å². The third-order valence-electron chi connectivity index (χ3n) is 11.0. The van der Waals surface area contributed by atoms with Gasteiger partial charge in [-0.3, -0.25) is 64.2 Å². The van der Waals surface area contributed by atoms with Gasteiger partial charge in [0.05, 0.1) is 11.9 Å². The van der Waals surface area contributed by atoms with Crippen molar-refractivity contribution in [2.24, 2.45) is 11.5 Å². The number of hydroxylamine groups is 2. The van der Waals surface area contributed by atoms with Crippen LogP contribution in [0.4, 0.5) is 0 Å². The molecule has 400 valence electrons. The van der Waals surface area contributed by atoms with Crippen molar-refractivity contribution >= 4 is 47.1 Å². The number of Topliss-reactive ketones (excluding diaryl/α,β-unsaturated/α-hetero) is 2. The minimum absolute atomic E-state index is 0.0142. The van der Waals surface area contributed by atoms with Crippen LogP contribution >= 0.6 is 0 Å². The van der Waals surface area contributed by atoms with Gasteiger partial charge in [0.15, 0.2) is 11.6 Å². The summed E-state index contributed by atoms with van der Waals surface area (Å²) in [6, 6.07) is 0. The van der Waals surface area contributed by atoms with E-state index in [2.05, 4.69) is 21.0 Å². The monoisotopic (exact) mass is 989 g/mol. The van der Waals surface area contributed by atoms with Gasteiger partial charge in [-0.2, -0.15) is 0 Å². The van der Waals surface area contributed by atoms with Gasteiger partial charge in [0, 0.05) is 90.4 Å². The fourth-order valence-electron chi connectivity index (χ4n) is 6.91. The molecule has 0 heterocycles. The van der Waals surface area contributed by atoms with Crippen LogP contribution in [0.25, 0.3) is 0 Å². The summed E-state index contributed by atoms with van der Waals surface area (Å²) in [5.74, 6) is -4.40. The number of hydrazine groups is 3. The van der Waals surface area contributed by atoms with E-state index in [1.54, 1.807) is 0 Å². The van der Waals surface area contributed by atoms with Crippen molar-refractivity contribution in [3.05, 3.63) is 0 Å². The van der Waals surface area contributed by atoms with Crippen LogP contribution in [-0.2, 0) is 48.0 Å². The third kappa shape index (κ3) is 37.3. The number of carbonyl (C=O) groups excluding carboxylic acids is 8.